The van der Waals surface area contributed by atoms with E-state index in [2.05, 4.69) is 34.6 Å². The van der Waals surface area contributed by atoms with Gasteiger partial charge in [0.2, 0.25) is 0 Å². The third-order valence-electron chi connectivity index (χ3n) is 4.72. The number of rotatable bonds is 14. The molecule has 0 aromatic carbocycles. The SMILES string of the molecule is CCCCC(CCCC)CCCCCCCCC(C)(C)C. The average Bonchev–Trinajstić information content (AvgIpc) is 2.42. The van der Waals surface area contributed by atoms with Crippen LogP contribution in [0.15, 0.2) is 0 Å². The molecule has 0 heteroatoms. The van der Waals surface area contributed by atoms with E-state index in [1.165, 1.54) is 89.9 Å². The quantitative estimate of drug-likeness (QED) is 0.284. The summed E-state index contributed by atoms with van der Waals surface area (Å²) in [4.78, 5) is 0. The van der Waals surface area contributed by atoms with Crippen molar-refractivity contribution < 1.29 is 0 Å². The fourth-order valence-electron chi connectivity index (χ4n) is 3.21. The Labute approximate surface area is 136 Å². The molecule has 0 aromatic heterocycles. The Morgan fingerprint density at radius 3 is 1.48 bits per heavy atom. The van der Waals surface area contributed by atoms with Gasteiger partial charge >= 0.3 is 0 Å². The van der Waals surface area contributed by atoms with Crippen molar-refractivity contribution in [2.75, 3.05) is 0 Å². The second-order valence-electron chi connectivity index (χ2n) is 8.37. The first kappa shape index (κ1) is 21.0. The van der Waals surface area contributed by atoms with Crippen LogP contribution in [0.3, 0.4) is 0 Å². The van der Waals surface area contributed by atoms with E-state index in [1.807, 2.05) is 0 Å². The lowest BCUT2D eigenvalue weighted by molar-refractivity contribution is 0.353. The van der Waals surface area contributed by atoms with Crippen LogP contribution in [-0.2, 0) is 0 Å². The summed E-state index contributed by atoms with van der Waals surface area (Å²) in [6.07, 6.45) is 20.3. The Bertz CT molecular complexity index is 191. The maximum atomic E-state index is 2.36. The normalized spacial score (nSPS) is 12.3. The maximum Gasteiger partial charge on any atom is -0.0383 e. The molecule has 0 saturated carbocycles. The zero-order valence-electron chi connectivity index (χ0n) is 16.0. The second-order valence-corrected chi connectivity index (χ2v) is 8.37. The number of unbranched alkanes of at least 4 members (excludes halogenated alkanes) is 7. The van der Waals surface area contributed by atoms with Gasteiger partial charge in [0, 0.05) is 0 Å². The molecule has 128 valence electrons. The van der Waals surface area contributed by atoms with Crippen molar-refractivity contribution in [1.82, 2.24) is 0 Å². The summed E-state index contributed by atoms with van der Waals surface area (Å²) in [5.74, 6) is 1.03. The molecule has 0 spiro atoms. The van der Waals surface area contributed by atoms with Gasteiger partial charge in [0.15, 0.2) is 0 Å². The highest BCUT2D eigenvalue weighted by atomic mass is 14.2. The largest absolute Gasteiger partial charge is 0.0654 e. The van der Waals surface area contributed by atoms with Crippen molar-refractivity contribution in [3.63, 3.8) is 0 Å². The fourth-order valence-corrected chi connectivity index (χ4v) is 3.21. The fraction of sp³-hybridized carbons (Fsp3) is 1.00. The average molecular weight is 297 g/mol. The summed E-state index contributed by atoms with van der Waals surface area (Å²) in [5, 5.41) is 0. The summed E-state index contributed by atoms with van der Waals surface area (Å²) < 4.78 is 0. The van der Waals surface area contributed by atoms with E-state index in [4.69, 9.17) is 0 Å². The first-order chi connectivity index (χ1) is 9.99. The molecule has 0 aromatic rings. The van der Waals surface area contributed by atoms with Gasteiger partial charge in [0.1, 0.15) is 0 Å². The molecule has 0 atom stereocenters. The van der Waals surface area contributed by atoms with Gasteiger partial charge in [-0.2, -0.15) is 0 Å². The van der Waals surface area contributed by atoms with Crippen LogP contribution < -0.4 is 0 Å². The molecular formula is C21H44. The zero-order chi connectivity index (χ0) is 16.0. The van der Waals surface area contributed by atoms with Gasteiger partial charge in [0.05, 0.1) is 0 Å². The summed E-state index contributed by atoms with van der Waals surface area (Å²) in [6.45, 7) is 11.7. The van der Waals surface area contributed by atoms with Gasteiger partial charge < -0.3 is 0 Å². The van der Waals surface area contributed by atoms with Gasteiger partial charge in [-0.15, -0.1) is 0 Å². The molecule has 0 bridgehead atoms. The van der Waals surface area contributed by atoms with E-state index in [0.717, 1.165) is 5.92 Å². The molecule has 0 heterocycles. The zero-order valence-corrected chi connectivity index (χ0v) is 16.0. The van der Waals surface area contributed by atoms with E-state index in [1.54, 1.807) is 0 Å². The van der Waals surface area contributed by atoms with E-state index >= 15 is 0 Å². The van der Waals surface area contributed by atoms with Crippen molar-refractivity contribution >= 4 is 0 Å². The molecule has 0 rings (SSSR count). The smallest absolute Gasteiger partial charge is 0.0383 e. The molecule has 21 heavy (non-hydrogen) atoms. The molecule has 0 aliphatic rings. The minimum atomic E-state index is 0.534. The lowest BCUT2D eigenvalue weighted by Crippen LogP contribution is -2.03. The van der Waals surface area contributed by atoms with Crippen molar-refractivity contribution in [2.45, 2.75) is 125 Å². The van der Waals surface area contributed by atoms with Gasteiger partial charge in [-0.05, 0) is 17.8 Å². The Morgan fingerprint density at radius 1 is 0.571 bits per heavy atom. The predicted octanol–water partition coefficient (Wildman–Crippen LogP) is 8.15. The predicted molar refractivity (Wildman–Crippen MR) is 98.9 cm³/mol. The van der Waals surface area contributed by atoms with Crippen LogP contribution in [-0.4, -0.2) is 0 Å². The summed E-state index contributed by atoms with van der Waals surface area (Å²) in [6, 6.07) is 0. The lowest BCUT2D eigenvalue weighted by Gasteiger charge is -2.17. The highest BCUT2D eigenvalue weighted by molar-refractivity contribution is 4.62. The molecule has 0 amide bonds. The summed E-state index contributed by atoms with van der Waals surface area (Å²) in [5.41, 5.74) is 0.534. The lowest BCUT2D eigenvalue weighted by atomic mass is 9.89. The van der Waals surface area contributed by atoms with Gasteiger partial charge in [-0.25, -0.2) is 0 Å². The van der Waals surface area contributed by atoms with E-state index < -0.39 is 0 Å². The van der Waals surface area contributed by atoms with Crippen LogP contribution in [0.1, 0.15) is 125 Å². The van der Waals surface area contributed by atoms with E-state index in [9.17, 15) is 0 Å². The molecule has 0 N–H and O–H groups in total. The van der Waals surface area contributed by atoms with Crippen molar-refractivity contribution in [2.24, 2.45) is 11.3 Å². The van der Waals surface area contributed by atoms with Crippen LogP contribution in [0.25, 0.3) is 0 Å². The third kappa shape index (κ3) is 16.2. The van der Waals surface area contributed by atoms with Crippen molar-refractivity contribution in [3.8, 4) is 0 Å². The molecule has 0 saturated heterocycles. The first-order valence-electron chi connectivity index (χ1n) is 9.99. The minimum Gasteiger partial charge on any atom is -0.0654 e. The first-order valence-corrected chi connectivity index (χ1v) is 9.99. The molecular weight excluding hydrogens is 252 g/mol. The van der Waals surface area contributed by atoms with Gasteiger partial charge in [-0.1, -0.05) is 118 Å². The molecule has 0 unspecified atom stereocenters. The Hall–Kier alpha value is 0. The summed E-state index contributed by atoms with van der Waals surface area (Å²) in [7, 11) is 0. The van der Waals surface area contributed by atoms with Gasteiger partial charge in [-0.3, -0.25) is 0 Å². The molecule has 0 fully saturated rings. The Kier molecular flexibility index (Phi) is 13.6. The van der Waals surface area contributed by atoms with Crippen LogP contribution in [0.2, 0.25) is 0 Å². The van der Waals surface area contributed by atoms with Crippen molar-refractivity contribution in [3.05, 3.63) is 0 Å². The summed E-state index contributed by atoms with van der Waals surface area (Å²) >= 11 is 0. The monoisotopic (exact) mass is 296 g/mol. The van der Waals surface area contributed by atoms with E-state index in [-0.39, 0.29) is 0 Å². The molecule has 0 aliphatic carbocycles. The van der Waals surface area contributed by atoms with Crippen LogP contribution in [0.4, 0.5) is 0 Å². The minimum absolute atomic E-state index is 0.534. The highest BCUT2D eigenvalue weighted by Gasteiger charge is 2.09. The standard InChI is InChI=1S/C21H44/c1-6-8-16-20(17-9-7-2)18-14-12-10-11-13-15-19-21(3,4)5/h20H,6-19H2,1-5H3. The maximum absolute atomic E-state index is 2.36. The van der Waals surface area contributed by atoms with Gasteiger partial charge in [0.25, 0.3) is 0 Å². The number of hydrogen-bond acceptors (Lipinski definition) is 0. The van der Waals surface area contributed by atoms with Crippen LogP contribution in [0, 0.1) is 11.3 Å². The Morgan fingerprint density at radius 2 is 1.00 bits per heavy atom. The second kappa shape index (κ2) is 13.6. The van der Waals surface area contributed by atoms with E-state index in [0.29, 0.717) is 5.41 Å². The van der Waals surface area contributed by atoms with Crippen LogP contribution >= 0.6 is 0 Å². The third-order valence-corrected chi connectivity index (χ3v) is 4.72. The number of hydrogen-bond donors (Lipinski definition) is 0. The highest BCUT2D eigenvalue weighted by Crippen LogP contribution is 2.24. The molecule has 0 aliphatic heterocycles. The molecule has 0 nitrogen and oxygen atoms in total. The van der Waals surface area contributed by atoms with Crippen LogP contribution in [0.5, 0.6) is 0 Å². The van der Waals surface area contributed by atoms with Crippen molar-refractivity contribution in [1.29, 1.82) is 0 Å². The topological polar surface area (TPSA) is 0 Å². The molecule has 0 radical (unpaired) electrons. The Balaban J connectivity index is 3.47.